The zero-order valence-electron chi connectivity index (χ0n) is 14.3. The highest BCUT2D eigenvalue weighted by molar-refractivity contribution is 5.91. The molecule has 25 heavy (non-hydrogen) atoms. The smallest absolute Gasteiger partial charge is 0.248 e. The van der Waals surface area contributed by atoms with Gasteiger partial charge in [-0.1, -0.05) is 60.2 Å². The van der Waals surface area contributed by atoms with Crippen LogP contribution in [0.5, 0.6) is 0 Å². The maximum absolute atomic E-state index is 12.9. The third kappa shape index (κ3) is 2.64. The highest BCUT2D eigenvalue weighted by Crippen LogP contribution is 2.49. The molecule has 0 radical (unpaired) electrons. The van der Waals surface area contributed by atoms with Gasteiger partial charge in [-0.25, -0.2) is 4.90 Å². The number of nitrogens with zero attached hydrogens (tertiary/aromatic N) is 2. The molecule has 1 aliphatic carbocycles. The maximum atomic E-state index is 12.9. The van der Waals surface area contributed by atoms with Gasteiger partial charge in [-0.3, -0.25) is 4.79 Å². The number of allylic oxidation sites excluding steroid dienone is 2. The van der Waals surface area contributed by atoms with Crippen LogP contribution in [0.4, 0.5) is 0 Å². The Morgan fingerprint density at radius 1 is 1.12 bits per heavy atom. The van der Waals surface area contributed by atoms with E-state index in [1.165, 1.54) is 21.6 Å². The quantitative estimate of drug-likeness (QED) is 0.788. The number of hydrogen-bond acceptors (Lipinski definition) is 2. The van der Waals surface area contributed by atoms with Crippen molar-refractivity contribution in [1.82, 2.24) is 4.90 Å². The van der Waals surface area contributed by atoms with Gasteiger partial charge in [0.25, 0.3) is 0 Å². The van der Waals surface area contributed by atoms with Crippen molar-refractivity contribution in [2.45, 2.75) is 32.1 Å². The number of aryl methyl sites for hydroxylation is 1. The molecule has 1 fully saturated rings. The van der Waals surface area contributed by atoms with Gasteiger partial charge in [-0.05, 0) is 42.9 Å². The highest BCUT2D eigenvalue weighted by Gasteiger charge is 2.49. The van der Waals surface area contributed by atoms with Gasteiger partial charge in [0.1, 0.15) is 0 Å². The molecule has 1 aliphatic heterocycles. The Hall–Kier alpha value is -2.86. The predicted molar refractivity (Wildman–Crippen MR) is 96.3 cm³/mol. The first-order valence-corrected chi connectivity index (χ1v) is 8.75. The van der Waals surface area contributed by atoms with E-state index in [1.54, 1.807) is 0 Å². The zero-order chi connectivity index (χ0) is 17.4. The fourth-order valence-corrected chi connectivity index (χ4v) is 4.21. The number of likely N-dealkylation sites (tertiary alicyclic amines) is 1. The largest absolute Gasteiger partial charge is 0.273 e. The lowest BCUT2D eigenvalue weighted by Gasteiger charge is -2.14. The molecular weight excluding hydrogens is 308 g/mol. The van der Waals surface area contributed by atoms with E-state index >= 15 is 0 Å². The van der Waals surface area contributed by atoms with Crippen LogP contribution in [0, 0.1) is 24.3 Å². The van der Waals surface area contributed by atoms with Gasteiger partial charge in [0.15, 0.2) is 6.19 Å². The Kier molecular flexibility index (Phi) is 3.89. The molecule has 4 rings (SSSR count). The fourth-order valence-electron chi connectivity index (χ4n) is 4.21. The van der Waals surface area contributed by atoms with Crippen LogP contribution in [-0.4, -0.2) is 10.8 Å². The highest BCUT2D eigenvalue weighted by atomic mass is 16.2. The van der Waals surface area contributed by atoms with Crippen LogP contribution in [0.3, 0.4) is 0 Å². The van der Waals surface area contributed by atoms with E-state index in [0.717, 1.165) is 30.5 Å². The number of nitriles is 1. The third-order valence-corrected chi connectivity index (χ3v) is 5.40. The number of amides is 1. The minimum atomic E-state index is -0.219. The van der Waals surface area contributed by atoms with Crippen molar-refractivity contribution in [1.29, 1.82) is 5.26 Å². The lowest BCUT2D eigenvalue weighted by Crippen LogP contribution is -2.21. The number of benzene rings is 2. The minimum Gasteiger partial charge on any atom is -0.273 e. The van der Waals surface area contributed by atoms with Crippen molar-refractivity contribution >= 4 is 5.91 Å². The van der Waals surface area contributed by atoms with Gasteiger partial charge < -0.3 is 0 Å². The van der Waals surface area contributed by atoms with Crippen LogP contribution in [-0.2, 0) is 11.2 Å². The van der Waals surface area contributed by atoms with Crippen LogP contribution in [0.15, 0.2) is 65.9 Å². The van der Waals surface area contributed by atoms with Crippen LogP contribution in [0.25, 0.3) is 0 Å². The molecule has 3 nitrogen and oxygen atoms in total. The van der Waals surface area contributed by atoms with E-state index in [2.05, 4.69) is 18.3 Å². The summed E-state index contributed by atoms with van der Waals surface area (Å²) in [6.07, 6.45) is 4.86. The molecule has 0 bridgehead atoms. The number of rotatable bonds is 3. The summed E-state index contributed by atoms with van der Waals surface area (Å²) in [5.74, 6) is -0.159. The molecule has 124 valence electrons. The Balaban J connectivity index is 1.72. The summed E-state index contributed by atoms with van der Waals surface area (Å²) in [5.41, 5.74) is 5.63. The lowest BCUT2D eigenvalue weighted by molar-refractivity contribution is -0.126. The molecular formula is C22H20N2O. The standard InChI is InChI=1S/C22H20N2O/c1-15-7-9-17(10-8-15)20-19-12-11-18(13-16-5-3-2-4-6-16)21(19)24(14-23)22(20)25/h2-10,19-20H,11-13H2,1H3. The van der Waals surface area contributed by atoms with E-state index < -0.39 is 0 Å². The number of carbonyl (C=O) groups is 1. The Bertz CT molecular complexity index is 874. The average Bonchev–Trinajstić information content (AvgIpc) is 3.14. The van der Waals surface area contributed by atoms with Gasteiger partial charge in [-0.2, -0.15) is 5.26 Å². The summed E-state index contributed by atoms with van der Waals surface area (Å²) >= 11 is 0. The molecule has 2 atom stereocenters. The maximum Gasteiger partial charge on any atom is 0.248 e. The van der Waals surface area contributed by atoms with Crippen LogP contribution in [0.2, 0.25) is 0 Å². The second-order valence-corrected chi connectivity index (χ2v) is 6.96. The van der Waals surface area contributed by atoms with E-state index in [0.29, 0.717) is 0 Å². The van der Waals surface area contributed by atoms with Crippen molar-refractivity contribution in [2.24, 2.45) is 5.92 Å². The van der Waals surface area contributed by atoms with Crippen molar-refractivity contribution in [3.05, 3.63) is 82.6 Å². The summed E-state index contributed by atoms with van der Waals surface area (Å²) in [6, 6.07) is 18.4. The molecule has 3 heteroatoms. The first-order chi connectivity index (χ1) is 12.2. The molecule has 2 aromatic rings. The lowest BCUT2D eigenvalue weighted by atomic mass is 9.86. The van der Waals surface area contributed by atoms with Crippen molar-refractivity contribution in [3.63, 3.8) is 0 Å². The third-order valence-electron chi connectivity index (χ3n) is 5.40. The molecule has 1 amide bonds. The number of fused-ring (bicyclic) bond motifs is 1. The van der Waals surface area contributed by atoms with Crippen LogP contribution in [0.1, 0.15) is 35.4 Å². The first-order valence-electron chi connectivity index (χ1n) is 8.75. The van der Waals surface area contributed by atoms with Gasteiger partial charge in [-0.15, -0.1) is 0 Å². The van der Waals surface area contributed by atoms with E-state index in [9.17, 15) is 10.1 Å². The van der Waals surface area contributed by atoms with Gasteiger partial charge in [0.2, 0.25) is 5.91 Å². The van der Waals surface area contributed by atoms with E-state index in [4.69, 9.17) is 0 Å². The van der Waals surface area contributed by atoms with Gasteiger partial charge in [0.05, 0.1) is 5.92 Å². The average molecular weight is 328 g/mol. The molecule has 0 N–H and O–H groups in total. The van der Waals surface area contributed by atoms with Gasteiger partial charge in [0, 0.05) is 11.6 Å². The Labute approximate surface area is 148 Å². The Morgan fingerprint density at radius 3 is 2.52 bits per heavy atom. The molecule has 2 aliphatic rings. The Morgan fingerprint density at radius 2 is 1.84 bits per heavy atom. The second-order valence-electron chi connectivity index (χ2n) is 6.96. The van der Waals surface area contributed by atoms with Crippen molar-refractivity contribution < 1.29 is 4.79 Å². The normalized spacial score (nSPS) is 22.2. The zero-order valence-corrected chi connectivity index (χ0v) is 14.3. The summed E-state index contributed by atoms with van der Waals surface area (Å²) in [4.78, 5) is 14.3. The molecule has 0 aromatic heterocycles. The minimum absolute atomic E-state index is 0.0726. The fraction of sp³-hybridized carbons (Fsp3) is 0.273. The van der Waals surface area contributed by atoms with Gasteiger partial charge >= 0.3 is 0 Å². The van der Waals surface area contributed by atoms with Crippen LogP contribution >= 0.6 is 0 Å². The van der Waals surface area contributed by atoms with E-state index in [1.807, 2.05) is 49.4 Å². The molecule has 2 unspecified atom stereocenters. The number of carbonyl (C=O) groups excluding carboxylic acids is 1. The monoisotopic (exact) mass is 328 g/mol. The summed E-state index contributed by atoms with van der Waals surface area (Å²) in [6.45, 7) is 2.04. The molecule has 1 heterocycles. The van der Waals surface area contributed by atoms with E-state index in [-0.39, 0.29) is 17.7 Å². The summed E-state index contributed by atoms with van der Waals surface area (Å²) < 4.78 is 0. The SMILES string of the molecule is Cc1ccc(C2C(=O)N(C#N)C3=C(Cc4ccccc4)CCC32)cc1. The van der Waals surface area contributed by atoms with Crippen molar-refractivity contribution in [3.8, 4) is 6.19 Å². The second kappa shape index (κ2) is 6.22. The predicted octanol–water partition coefficient (Wildman–Crippen LogP) is 4.31. The molecule has 0 saturated carbocycles. The summed E-state index contributed by atoms with van der Waals surface area (Å²) in [5, 5.41) is 9.60. The van der Waals surface area contributed by atoms with Crippen molar-refractivity contribution in [2.75, 3.05) is 0 Å². The topological polar surface area (TPSA) is 44.1 Å². The summed E-state index contributed by atoms with van der Waals surface area (Å²) in [7, 11) is 0. The number of hydrogen-bond donors (Lipinski definition) is 0. The van der Waals surface area contributed by atoms with Crippen LogP contribution < -0.4 is 0 Å². The molecule has 0 spiro atoms. The first kappa shape index (κ1) is 15.7. The molecule has 1 saturated heterocycles. The molecule has 2 aromatic carbocycles.